The number of rotatable bonds is 4. The van der Waals surface area contributed by atoms with Crippen molar-refractivity contribution in [3.05, 3.63) is 46.5 Å². The second kappa shape index (κ2) is 6.89. The van der Waals surface area contributed by atoms with Crippen molar-refractivity contribution in [1.82, 2.24) is 5.32 Å². The third kappa shape index (κ3) is 3.94. The van der Waals surface area contributed by atoms with E-state index in [9.17, 15) is 14.7 Å². The van der Waals surface area contributed by atoms with Crippen LogP contribution < -0.4 is 5.32 Å². The monoisotopic (exact) mass is 351 g/mol. The first kappa shape index (κ1) is 15.8. The van der Waals surface area contributed by atoms with Crippen LogP contribution in [0.15, 0.2) is 40.9 Å². The molecule has 112 valence electrons. The molecule has 1 aromatic rings. The van der Waals surface area contributed by atoms with Crippen LogP contribution in [0.4, 0.5) is 0 Å². The average molecular weight is 352 g/mol. The van der Waals surface area contributed by atoms with Gasteiger partial charge in [0.2, 0.25) is 5.91 Å². The van der Waals surface area contributed by atoms with E-state index in [1.54, 1.807) is 0 Å². The Morgan fingerprint density at radius 1 is 1.29 bits per heavy atom. The minimum absolute atomic E-state index is 0.157. The predicted molar refractivity (Wildman–Crippen MR) is 83.7 cm³/mol. The van der Waals surface area contributed by atoms with Gasteiger partial charge in [-0.1, -0.05) is 40.2 Å². The number of carbonyl (C=O) groups is 2. The van der Waals surface area contributed by atoms with E-state index in [1.807, 2.05) is 43.3 Å². The summed E-state index contributed by atoms with van der Waals surface area (Å²) in [5.41, 5.74) is 0.982. The van der Waals surface area contributed by atoms with Crippen molar-refractivity contribution in [3.63, 3.8) is 0 Å². The smallest absolute Gasteiger partial charge is 0.307 e. The summed E-state index contributed by atoms with van der Waals surface area (Å²) in [6.45, 7) is 1.90. The second-order valence-electron chi connectivity index (χ2n) is 5.28. The lowest BCUT2D eigenvalue weighted by molar-refractivity contribution is -0.147. The molecular formula is C16H18BrNO3. The lowest BCUT2D eigenvalue weighted by Gasteiger charge is -2.26. The van der Waals surface area contributed by atoms with Crippen molar-refractivity contribution in [1.29, 1.82) is 0 Å². The maximum atomic E-state index is 12.4. The molecule has 0 spiro atoms. The van der Waals surface area contributed by atoms with Crippen molar-refractivity contribution in [2.24, 2.45) is 11.8 Å². The summed E-state index contributed by atoms with van der Waals surface area (Å²) in [5, 5.41) is 12.1. The van der Waals surface area contributed by atoms with Crippen molar-refractivity contribution in [3.8, 4) is 0 Å². The standard InChI is InChI=1S/C16H18BrNO3/c1-10(11-5-4-6-12(17)9-11)18-15(19)13-7-2-3-8-14(13)16(20)21/h2-6,9-10,13-14H,7-8H2,1H3,(H,18,19)(H,20,21)/t10-,13-,14+/m1/s1. The summed E-state index contributed by atoms with van der Waals surface area (Å²) in [7, 11) is 0. The van der Waals surface area contributed by atoms with Crippen LogP contribution in [0.2, 0.25) is 0 Å². The fraction of sp³-hybridized carbons (Fsp3) is 0.375. The van der Waals surface area contributed by atoms with E-state index < -0.39 is 17.8 Å². The second-order valence-corrected chi connectivity index (χ2v) is 6.19. The largest absolute Gasteiger partial charge is 0.481 e. The van der Waals surface area contributed by atoms with Gasteiger partial charge >= 0.3 is 5.97 Å². The van der Waals surface area contributed by atoms with Crippen LogP contribution in [-0.4, -0.2) is 17.0 Å². The molecule has 3 atom stereocenters. The van der Waals surface area contributed by atoms with Gasteiger partial charge in [0.25, 0.3) is 0 Å². The Morgan fingerprint density at radius 2 is 1.95 bits per heavy atom. The lowest BCUT2D eigenvalue weighted by atomic mass is 9.82. The minimum Gasteiger partial charge on any atom is -0.481 e. The summed E-state index contributed by atoms with van der Waals surface area (Å²) in [6, 6.07) is 7.55. The zero-order valence-corrected chi connectivity index (χ0v) is 13.3. The first-order chi connectivity index (χ1) is 9.99. The molecule has 4 nitrogen and oxygen atoms in total. The van der Waals surface area contributed by atoms with Crippen LogP contribution in [0.1, 0.15) is 31.4 Å². The number of nitrogens with one attached hydrogen (secondary N) is 1. The Bertz CT molecular complexity index is 570. The molecule has 2 rings (SSSR count). The van der Waals surface area contributed by atoms with Gasteiger partial charge in [0, 0.05) is 4.47 Å². The van der Waals surface area contributed by atoms with Crippen molar-refractivity contribution in [2.45, 2.75) is 25.8 Å². The van der Waals surface area contributed by atoms with Gasteiger partial charge in [-0.2, -0.15) is 0 Å². The Kier molecular flexibility index (Phi) is 5.17. The van der Waals surface area contributed by atoms with Crippen LogP contribution in [0.3, 0.4) is 0 Å². The van der Waals surface area contributed by atoms with E-state index in [2.05, 4.69) is 21.2 Å². The van der Waals surface area contributed by atoms with E-state index in [-0.39, 0.29) is 11.9 Å². The predicted octanol–water partition coefficient (Wildman–Crippen LogP) is 3.29. The van der Waals surface area contributed by atoms with E-state index in [0.717, 1.165) is 10.0 Å². The highest BCUT2D eigenvalue weighted by Crippen LogP contribution is 2.27. The zero-order valence-electron chi connectivity index (χ0n) is 11.8. The molecule has 0 saturated carbocycles. The van der Waals surface area contributed by atoms with Crippen LogP contribution in [0.25, 0.3) is 0 Å². The van der Waals surface area contributed by atoms with E-state index >= 15 is 0 Å². The molecule has 1 aliphatic carbocycles. The number of carbonyl (C=O) groups excluding carboxylic acids is 1. The molecule has 1 amide bonds. The number of hydrogen-bond donors (Lipinski definition) is 2. The Balaban J connectivity index is 2.06. The molecule has 1 aliphatic rings. The maximum Gasteiger partial charge on any atom is 0.307 e. The Labute approximate surface area is 132 Å². The van der Waals surface area contributed by atoms with Gasteiger partial charge in [-0.15, -0.1) is 0 Å². The van der Waals surface area contributed by atoms with Crippen LogP contribution in [0.5, 0.6) is 0 Å². The van der Waals surface area contributed by atoms with Gasteiger partial charge in [0.05, 0.1) is 17.9 Å². The molecule has 0 bridgehead atoms. The molecule has 0 aliphatic heterocycles. The molecule has 0 heterocycles. The van der Waals surface area contributed by atoms with Crippen molar-refractivity contribution < 1.29 is 14.7 Å². The summed E-state index contributed by atoms with van der Waals surface area (Å²) >= 11 is 3.40. The third-order valence-electron chi connectivity index (χ3n) is 3.79. The molecule has 0 unspecified atom stereocenters. The number of amides is 1. The van der Waals surface area contributed by atoms with Gasteiger partial charge < -0.3 is 10.4 Å². The maximum absolute atomic E-state index is 12.4. The summed E-state index contributed by atoms with van der Waals surface area (Å²) in [6.07, 6.45) is 4.61. The van der Waals surface area contributed by atoms with Gasteiger partial charge in [0.1, 0.15) is 0 Å². The minimum atomic E-state index is -0.908. The highest BCUT2D eigenvalue weighted by molar-refractivity contribution is 9.10. The quantitative estimate of drug-likeness (QED) is 0.818. The Morgan fingerprint density at radius 3 is 2.57 bits per heavy atom. The average Bonchev–Trinajstić information content (AvgIpc) is 2.47. The number of allylic oxidation sites excluding steroid dienone is 2. The molecule has 5 heteroatoms. The molecule has 0 radical (unpaired) electrons. The fourth-order valence-corrected chi connectivity index (χ4v) is 2.97. The molecule has 0 aromatic heterocycles. The van der Waals surface area contributed by atoms with Crippen LogP contribution in [-0.2, 0) is 9.59 Å². The summed E-state index contributed by atoms with van der Waals surface area (Å²) in [5.74, 6) is -2.24. The van der Waals surface area contributed by atoms with Gasteiger partial charge in [-0.25, -0.2) is 0 Å². The molecular weight excluding hydrogens is 334 g/mol. The van der Waals surface area contributed by atoms with E-state index in [1.165, 1.54) is 0 Å². The highest BCUT2D eigenvalue weighted by atomic mass is 79.9. The molecule has 21 heavy (non-hydrogen) atoms. The van der Waals surface area contributed by atoms with Crippen molar-refractivity contribution in [2.75, 3.05) is 0 Å². The number of carboxylic acids is 1. The number of benzene rings is 1. The molecule has 0 fully saturated rings. The van der Waals surface area contributed by atoms with Gasteiger partial charge in [0.15, 0.2) is 0 Å². The van der Waals surface area contributed by atoms with Gasteiger partial charge in [-0.05, 0) is 37.5 Å². The number of aliphatic carboxylic acids is 1. The number of hydrogen-bond acceptors (Lipinski definition) is 2. The first-order valence-corrected chi connectivity index (χ1v) is 7.72. The normalized spacial score (nSPS) is 22.6. The molecule has 2 N–H and O–H groups in total. The van der Waals surface area contributed by atoms with Gasteiger partial charge in [-0.3, -0.25) is 9.59 Å². The fourth-order valence-electron chi connectivity index (χ4n) is 2.56. The van der Waals surface area contributed by atoms with E-state index in [0.29, 0.717) is 12.8 Å². The first-order valence-electron chi connectivity index (χ1n) is 6.92. The zero-order chi connectivity index (χ0) is 15.4. The van der Waals surface area contributed by atoms with Crippen LogP contribution in [0, 0.1) is 11.8 Å². The van der Waals surface area contributed by atoms with Crippen LogP contribution >= 0.6 is 15.9 Å². The van der Waals surface area contributed by atoms with Crippen molar-refractivity contribution >= 4 is 27.8 Å². The summed E-state index contributed by atoms with van der Waals surface area (Å²) < 4.78 is 0.949. The molecule has 1 aromatic carbocycles. The highest BCUT2D eigenvalue weighted by Gasteiger charge is 2.34. The van der Waals surface area contributed by atoms with E-state index in [4.69, 9.17) is 0 Å². The Hall–Kier alpha value is -1.62. The number of carboxylic acid groups (broad SMARTS) is 1. The topological polar surface area (TPSA) is 66.4 Å². The third-order valence-corrected chi connectivity index (χ3v) is 4.29. The molecule has 0 saturated heterocycles. The lowest BCUT2D eigenvalue weighted by Crippen LogP contribution is -2.39. The number of halogens is 1. The SMILES string of the molecule is C[C@@H](NC(=O)[C@@H]1CC=CC[C@@H]1C(=O)O)c1cccc(Br)c1. The summed E-state index contributed by atoms with van der Waals surface area (Å²) in [4.78, 5) is 23.6.